The maximum Gasteiger partial charge on any atom is 0.167 e. The molecule has 0 bridgehead atoms. The minimum atomic E-state index is -0.680. The van der Waals surface area contributed by atoms with E-state index in [9.17, 15) is 4.39 Å². The van der Waals surface area contributed by atoms with Crippen molar-refractivity contribution in [3.05, 3.63) is 59.6 Å². The van der Waals surface area contributed by atoms with Crippen molar-refractivity contribution in [3.63, 3.8) is 0 Å². The van der Waals surface area contributed by atoms with Crippen LogP contribution in [0.4, 0.5) is 10.1 Å². The molecule has 122 valence electrons. The predicted octanol–water partition coefficient (Wildman–Crippen LogP) is 3.86. The highest BCUT2D eigenvalue weighted by atomic mass is 19.1. The Hall–Kier alpha value is -4.02. The number of halogens is 1. The van der Waals surface area contributed by atoms with Crippen molar-refractivity contribution in [1.29, 1.82) is 15.8 Å². The third kappa shape index (κ3) is 4.25. The highest BCUT2D eigenvalue weighted by Crippen LogP contribution is 2.29. The van der Waals surface area contributed by atoms with E-state index in [4.69, 9.17) is 25.3 Å². The molecule has 2 rings (SSSR count). The van der Waals surface area contributed by atoms with Crippen molar-refractivity contribution in [2.24, 2.45) is 0 Å². The normalized spacial score (nSPS) is 9.08. The van der Waals surface area contributed by atoms with Crippen LogP contribution in [-0.2, 0) is 0 Å². The molecule has 0 aliphatic carbocycles. The van der Waals surface area contributed by atoms with Crippen molar-refractivity contribution < 1.29 is 13.9 Å². The number of nitrogens with one attached hydrogen (secondary N) is 1. The summed E-state index contributed by atoms with van der Waals surface area (Å²) < 4.78 is 24.7. The second kappa shape index (κ2) is 8.01. The molecule has 0 atom stereocenters. The zero-order valence-corrected chi connectivity index (χ0v) is 13.1. The second-order valence-electron chi connectivity index (χ2n) is 4.64. The number of rotatable bonds is 5. The van der Waals surface area contributed by atoms with Gasteiger partial charge in [-0.3, -0.25) is 0 Å². The first-order valence-electron chi connectivity index (χ1n) is 6.94. The summed E-state index contributed by atoms with van der Waals surface area (Å²) in [6.45, 7) is 0. The Bertz CT molecular complexity index is 933. The number of ether oxygens (including phenoxy) is 2. The summed E-state index contributed by atoms with van der Waals surface area (Å²) in [7, 11) is 1.51. The molecule has 25 heavy (non-hydrogen) atoms. The van der Waals surface area contributed by atoms with Crippen LogP contribution in [0.3, 0.4) is 0 Å². The Balaban J connectivity index is 2.24. The van der Waals surface area contributed by atoms with Gasteiger partial charge in [0.25, 0.3) is 0 Å². The second-order valence-corrected chi connectivity index (χ2v) is 4.64. The van der Waals surface area contributed by atoms with Crippen LogP contribution in [-0.4, -0.2) is 7.11 Å². The molecule has 2 aromatic carbocycles. The van der Waals surface area contributed by atoms with Crippen LogP contribution in [0.15, 0.2) is 53.7 Å². The van der Waals surface area contributed by atoms with Crippen molar-refractivity contribution in [1.82, 2.24) is 0 Å². The highest BCUT2D eigenvalue weighted by Gasteiger charge is 2.10. The van der Waals surface area contributed by atoms with Gasteiger partial charge in [-0.25, -0.2) is 4.39 Å². The van der Waals surface area contributed by atoms with Crippen LogP contribution >= 0.6 is 0 Å². The van der Waals surface area contributed by atoms with E-state index in [0.717, 1.165) is 6.07 Å². The summed E-state index contributed by atoms with van der Waals surface area (Å²) in [5, 5.41) is 29.1. The molecule has 6 nitrogen and oxygen atoms in total. The number of nitriles is 3. The zero-order chi connectivity index (χ0) is 18.2. The van der Waals surface area contributed by atoms with E-state index < -0.39 is 5.82 Å². The summed E-state index contributed by atoms with van der Waals surface area (Å²) in [6.07, 6.45) is 0. The molecule has 0 aliphatic heterocycles. The van der Waals surface area contributed by atoms with Gasteiger partial charge in [-0.2, -0.15) is 15.8 Å². The van der Waals surface area contributed by atoms with Crippen LogP contribution in [0, 0.1) is 39.8 Å². The molecule has 2 aromatic rings. The van der Waals surface area contributed by atoms with Crippen LogP contribution < -0.4 is 14.8 Å². The van der Waals surface area contributed by atoms with Crippen LogP contribution in [0.1, 0.15) is 0 Å². The van der Waals surface area contributed by atoms with E-state index in [0.29, 0.717) is 11.5 Å². The standard InChI is InChI=1S/C18H11FN4O2/c1-24-14-3-2-4-15(8-14)25-18-6-5-13(7-16(18)19)23-17(11-22)12(9-20)10-21/h2-8,23H,1H3. The van der Waals surface area contributed by atoms with Crippen molar-refractivity contribution in [2.75, 3.05) is 12.4 Å². The molecule has 0 spiro atoms. The fraction of sp³-hybridized carbons (Fsp3) is 0.0556. The minimum absolute atomic E-state index is 0.0259. The first-order chi connectivity index (χ1) is 12.1. The quantitative estimate of drug-likeness (QED) is 0.833. The first kappa shape index (κ1) is 17.3. The average molecular weight is 334 g/mol. The number of benzene rings is 2. The van der Waals surface area contributed by atoms with Gasteiger partial charge in [-0.1, -0.05) is 6.07 Å². The van der Waals surface area contributed by atoms with Gasteiger partial charge >= 0.3 is 0 Å². The van der Waals surface area contributed by atoms with E-state index in [1.54, 1.807) is 42.5 Å². The van der Waals surface area contributed by atoms with E-state index >= 15 is 0 Å². The predicted molar refractivity (Wildman–Crippen MR) is 87.0 cm³/mol. The van der Waals surface area contributed by atoms with Gasteiger partial charge in [0.1, 0.15) is 35.4 Å². The molecule has 0 aliphatic rings. The molecule has 0 amide bonds. The summed E-state index contributed by atoms with van der Waals surface area (Å²) in [6, 6.07) is 15.5. The maximum absolute atomic E-state index is 14.2. The molecule has 0 heterocycles. The number of methoxy groups -OCH3 is 1. The SMILES string of the molecule is COc1cccc(Oc2ccc(NC(C#N)=C(C#N)C#N)cc2F)c1. The molecule has 7 heteroatoms. The first-order valence-corrected chi connectivity index (χ1v) is 6.94. The van der Waals surface area contributed by atoms with Crippen molar-refractivity contribution in [3.8, 4) is 35.5 Å². The van der Waals surface area contributed by atoms with Crippen LogP contribution in [0.2, 0.25) is 0 Å². The highest BCUT2D eigenvalue weighted by molar-refractivity contribution is 5.59. The fourth-order valence-corrected chi connectivity index (χ4v) is 1.88. The van der Waals surface area contributed by atoms with Gasteiger partial charge in [0, 0.05) is 17.8 Å². The third-order valence-electron chi connectivity index (χ3n) is 3.06. The summed E-state index contributed by atoms with van der Waals surface area (Å²) in [4.78, 5) is 0. The maximum atomic E-state index is 14.2. The van der Waals surface area contributed by atoms with Gasteiger partial charge in [-0.05, 0) is 24.3 Å². The van der Waals surface area contributed by atoms with E-state index in [2.05, 4.69) is 5.32 Å². The molecule has 0 saturated heterocycles. The summed E-state index contributed by atoms with van der Waals surface area (Å²) >= 11 is 0. The lowest BCUT2D eigenvalue weighted by molar-refractivity contribution is 0.405. The van der Waals surface area contributed by atoms with E-state index in [-0.39, 0.29) is 22.7 Å². The van der Waals surface area contributed by atoms with Gasteiger partial charge in [0.15, 0.2) is 17.1 Å². The summed E-state index contributed by atoms with van der Waals surface area (Å²) in [5.41, 5.74) is -0.444. The van der Waals surface area contributed by atoms with Gasteiger partial charge in [0.05, 0.1) is 7.11 Å². The van der Waals surface area contributed by atoms with Gasteiger partial charge in [-0.15, -0.1) is 0 Å². The topological polar surface area (TPSA) is 102 Å². The Morgan fingerprint density at radius 1 is 1.00 bits per heavy atom. The molecule has 0 unspecified atom stereocenters. The Morgan fingerprint density at radius 3 is 2.32 bits per heavy atom. The third-order valence-corrected chi connectivity index (χ3v) is 3.06. The Kier molecular flexibility index (Phi) is 5.55. The van der Waals surface area contributed by atoms with Crippen LogP contribution in [0.5, 0.6) is 17.2 Å². The number of hydrogen-bond acceptors (Lipinski definition) is 6. The van der Waals surface area contributed by atoms with Crippen molar-refractivity contribution >= 4 is 5.69 Å². The Labute approximate surface area is 143 Å². The lowest BCUT2D eigenvalue weighted by atomic mass is 10.2. The van der Waals surface area contributed by atoms with E-state index in [1.807, 2.05) is 0 Å². The number of nitrogens with zero attached hydrogens (tertiary/aromatic N) is 3. The smallest absolute Gasteiger partial charge is 0.167 e. The lowest BCUT2D eigenvalue weighted by Gasteiger charge is -2.10. The fourth-order valence-electron chi connectivity index (χ4n) is 1.88. The lowest BCUT2D eigenvalue weighted by Crippen LogP contribution is -2.01. The number of anilines is 1. The molecular weight excluding hydrogens is 323 g/mol. The molecule has 0 aromatic heterocycles. The molecular formula is C18H11FN4O2. The molecule has 1 N–H and O–H groups in total. The van der Waals surface area contributed by atoms with Crippen molar-refractivity contribution in [2.45, 2.75) is 0 Å². The average Bonchev–Trinajstić information content (AvgIpc) is 2.64. The minimum Gasteiger partial charge on any atom is -0.497 e. The molecule has 0 fully saturated rings. The summed E-state index contributed by atoms with van der Waals surface area (Å²) in [5.74, 6) is 0.260. The monoisotopic (exact) mass is 334 g/mol. The molecule has 0 saturated carbocycles. The zero-order valence-electron chi connectivity index (χ0n) is 13.1. The number of allylic oxidation sites excluding steroid dienone is 2. The van der Waals surface area contributed by atoms with Gasteiger partial charge < -0.3 is 14.8 Å². The largest absolute Gasteiger partial charge is 0.497 e. The molecule has 0 radical (unpaired) electrons. The van der Waals surface area contributed by atoms with Crippen LogP contribution in [0.25, 0.3) is 0 Å². The Morgan fingerprint density at radius 2 is 1.72 bits per heavy atom. The van der Waals surface area contributed by atoms with E-state index in [1.165, 1.54) is 19.2 Å². The number of hydrogen-bond donors (Lipinski definition) is 1. The van der Waals surface area contributed by atoms with Gasteiger partial charge in [0.2, 0.25) is 0 Å².